The van der Waals surface area contributed by atoms with Gasteiger partial charge in [0, 0.05) is 16.1 Å². The van der Waals surface area contributed by atoms with Gasteiger partial charge in [-0.2, -0.15) is 0 Å². The van der Waals surface area contributed by atoms with Gasteiger partial charge in [0.1, 0.15) is 17.6 Å². The van der Waals surface area contributed by atoms with E-state index < -0.39 is 12.0 Å². The van der Waals surface area contributed by atoms with Crippen LogP contribution < -0.4 is 19.6 Å². The summed E-state index contributed by atoms with van der Waals surface area (Å²) in [6.07, 6.45) is 1.36. The Kier molecular flexibility index (Phi) is 6.96. The van der Waals surface area contributed by atoms with Crippen molar-refractivity contribution in [3.05, 3.63) is 80.9 Å². The second-order valence-corrected chi connectivity index (χ2v) is 10.6. The maximum atomic E-state index is 13.6. The van der Waals surface area contributed by atoms with Gasteiger partial charge in [0.2, 0.25) is 0 Å². The number of carbonyl (C=O) groups excluding carboxylic acids is 1. The zero-order chi connectivity index (χ0) is 23.9. The number of methoxy groups -OCH3 is 1. The number of fused-ring (bicyclic) bond motifs is 1. The van der Waals surface area contributed by atoms with E-state index in [9.17, 15) is 9.59 Å². The second-order valence-electron chi connectivity index (χ2n) is 7.56. The molecule has 0 spiro atoms. The van der Waals surface area contributed by atoms with Crippen molar-refractivity contribution in [1.29, 1.82) is 0 Å². The van der Waals surface area contributed by atoms with Crippen LogP contribution in [0, 0.1) is 3.77 Å². The predicted octanol–water partition coefficient (Wildman–Crippen LogP) is 4.16. The fraction of sp³-hybridized carbons (Fsp3) is 0.261. The fourth-order valence-electron chi connectivity index (χ4n) is 3.61. The highest BCUT2D eigenvalue weighted by molar-refractivity contribution is 14.1. The number of halogens is 2. The zero-order valence-corrected chi connectivity index (χ0v) is 22.8. The summed E-state index contributed by atoms with van der Waals surface area (Å²) in [6.45, 7) is 5.31. The molecule has 0 bridgehead atoms. The average Bonchev–Trinajstić information content (AvgIpc) is 3.29. The smallest absolute Gasteiger partial charge is 0.338 e. The normalized spacial score (nSPS) is 16.1. The number of allylic oxidation sites excluding steroid dienone is 1. The van der Waals surface area contributed by atoms with E-state index in [1.165, 1.54) is 15.9 Å². The topological polar surface area (TPSA) is 83.0 Å². The number of thiazole rings is 1. The minimum Gasteiger partial charge on any atom is -0.496 e. The summed E-state index contributed by atoms with van der Waals surface area (Å²) in [5.74, 6) is 0.590. The highest BCUT2D eigenvalue weighted by atomic mass is 127. The molecule has 0 radical (unpaired) electrons. The van der Waals surface area contributed by atoms with E-state index in [1.807, 2.05) is 18.2 Å². The molecule has 0 amide bonds. The number of benzene rings is 1. The molecule has 3 heterocycles. The molecule has 2 aromatic heterocycles. The molecule has 172 valence electrons. The van der Waals surface area contributed by atoms with Crippen molar-refractivity contribution in [1.82, 2.24) is 4.57 Å². The van der Waals surface area contributed by atoms with Crippen LogP contribution in [0.5, 0.6) is 5.75 Å². The molecule has 0 saturated heterocycles. The number of hydrogen-bond donors (Lipinski definition) is 0. The Bertz CT molecular complexity index is 1450. The first-order chi connectivity index (χ1) is 15.7. The first kappa shape index (κ1) is 24.0. The van der Waals surface area contributed by atoms with Gasteiger partial charge in [0.15, 0.2) is 8.57 Å². The van der Waals surface area contributed by atoms with Crippen molar-refractivity contribution in [3.8, 4) is 5.75 Å². The number of nitrogens with zero attached hydrogens (tertiary/aromatic N) is 2. The molecule has 10 heteroatoms. The van der Waals surface area contributed by atoms with Crippen molar-refractivity contribution in [3.63, 3.8) is 0 Å². The summed E-state index contributed by atoms with van der Waals surface area (Å²) in [5.41, 5.74) is 1.16. The van der Waals surface area contributed by atoms with Crippen LogP contribution in [0.1, 0.15) is 38.1 Å². The molecule has 0 fully saturated rings. The largest absolute Gasteiger partial charge is 0.496 e. The lowest BCUT2D eigenvalue weighted by Crippen LogP contribution is -2.40. The van der Waals surface area contributed by atoms with Gasteiger partial charge < -0.3 is 13.9 Å². The summed E-state index contributed by atoms with van der Waals surface area (Å²) < 4.78 is 20.2. The van der Waals surface area contributed by atoms with Gasteiger partial charge in [-0.3, -0.25) is 9.36 Å². The van der Waals surface area contributed by atoms with Crippen LogP contribution in [0.4, 0.5) is 0 Å². The van der Waals surface area contributed by atoms with E-state index >= 15 is 0 Å². The number of furan rings is 1. The Balaban J connectivity index is 2.01. The monoisotopic (exact) mass is 642 g/mol. The highest BCUT2D eigenvalue weighted by Crippen LogP contribution is 2.37. The van der Waals surface area contributed by atoms with Crippen LogP contribution in [0.3, 0.4) is 0 Å². The summed E-state index contributed by atoms with van der Waals surface area (Å²) >= 11 is 6.81. The maximum Gasteiger partial charge on any atom is 0.338 e. The van der Waals surface area contributed by atoms with Crippen LogP contribution in [0.15, 0.2) is 60.3 Å². The van der Waals surface area contributed by atoms with Crippen molar-refractivity contribution in [2.75, 3.05) is 7.11 Å². The van der Waals surface area contributed by atoms with Crippen molar-refractivity contribution >= 4 is 61.9 Å². The van der Waals surface area contributed by atoms with Gasteiger partial charge >= 0.3 is 5.97 Å². The molecular formula is C23H20BrIN2O5S. The molecule has 1 aliphatic heterocycles. The molecule has 1 atom stereocenters. The summed E-state index contributed by atoms with van der Waals surface area (Å²) in [6, 6.07) is 8.33. The molecule has 0 N–H and O–H groups in total. The van der Waals surface area contributed by atoms with Gasteiger partial charge in [-0.25, -0.2) is 9.79 Å². The first-order valence-electron chi connectivity index (χ1n) is 10.0. The quantitative estimate of drug-likeness (QED) is 0.309. The van der Waals surface area contributed by atoms with E-state index in [-0.39, 0.29) is 11.7 Å². The average molecular weight is 643 g/mol. The van der Waals surface area contributed by atoms with Crippen molar-refractivity contribution < 1.29 is 18.7 Å². The minimum absolute atomic E-state index is 0.278. The van der Waals surface area contributed by atoms with Crippen LogP contribution in [0.25, 0.3) is 6.08 Å². The van der Waals surface area contributed by atoms with Crippen LogP contribution in [-0.4, -0.2) is 23.8 Å². The van der Waals surface area contributed by atoms with E-state index in [1.54, 1.807) is 46.1 Å². The van der Waals surface area contributed by atoms with Gasteiger partial charge in [-0.1, -0.05) is 27.3 Å². The Labute approximate surface area is 215 Å². The number of esters is 1. The van der Waals surface area contributed by atoms with E-state index in [4.69, 9.17) is 13.9 Å². The van der Waals surface area contributed by atoms with Gasteiger partial charge in [0.05, 0.1) is 29.0 Å². The molecule has 0 aliphatic carbocycles. The maximum absolute atomic E-state index is 13.6. The molecule has 0 saturated carbocycles. The standard InChI is InChI=1S/C23H20BrIN2O5S/c1-11(2)31-22(29)19-12(3)26-23-27(20(19)15-9-13(24)5-7-16(15)30-4)21(28)17(33-23)10-14-6-8-18(25)32-14/h5-11,20H,1-4H3/b17-10-/t20-/m1/s1. The Hall–Kier alpha value is -2.18. The van der Waals surface area contributed by atoms with Crippen molar-refractivity contribution in [2.24, 2.45) is 4.99 Å². The molecule has 33 heavy (non-hydrogen) atoms. The lowest BCUT2D eigenvalue weighted by atomic mass is 9.95. The molecule has 3 aromatic rings. The lowest BCUT2D eigenvalue weighted by Gasteiger charge is -2.26. The van der Waals surface area contributed by atoms with Gasteiger partial charge in [-0.15, -0.1) is 0 Å². The molecule has 4 rings (SSSR count). The van der Waals surface area contributed by atoms with Crippen LogP contribution >= 0.6 is 49.9 Å². The zero-order valence-electron chi connectivity index (χ0n) is 18.2. The molecule has 1 aliphatic rings. The van der Waals surface area contributed by atoms with E-state index in [0.29, 0.717) is 37.7 Å². The van der Waals surface area contributed by atoms with Crippen LogP contribution in [0.2, 0.25) is 0 Å². The van der Waals surface area contributed by atoms with E-state index in [0.717, 1.165) is 8.24 Å². The Morgan fingerprint density at radius 2 is 2.09 bits per heavy atom. The van der Waals surface area contributed by atoms with Gasteiger partial charge in [0.25, 0.3) is 5.56 Å². The van der Waals surface area contributed by atoms with E-state index in [2.05, 4.69) is 43.5 Å². The van der Waals surface area contributed by atoms with Gasteiger partial charge in [-0.05, 0) is 73.7 Å². The fourth-order valence-corrected chi connectivity index (χ4v) is 5.45. The molecule has 7 nitrogen and oxygen atoms in total. The third-order valence-electron chi connectivity index (χ3n) is 4.94. The van der Waals surface area contributed by atoms with Crippen LogP contribution in [-0.2, 0) is 9.53 Å². The summed E-state index contributed by atoms with van der Waals surface area (Å²) in [7, 11) is 1.55. The highest BCUT2D eigenvalue weighted by Gasteiger charge is 2.35. The number of hydrogen-bond acceptors (Lipinski definition) is 7. The molecule has 0 unspecified atom stereocenters. The third-order valence-corrected chi connectivity index (χ3v) is 6.99. The number of ether oxygens (including phenoxy) is 2. The Morgan fingerprint density at radius 3 is 2.73 bits per heavy atom. The van der Waals surface area contributed by atoms with Crippen molar-refractivity contribution in [2.45, 2.75) is 32.9 Å². The number of rotatable bonds is 5. The molecule has 1 aromatic carbocycles. The summed E-state index contributed by atoms with van der Waals surface area (Å²) in [4.78, 5) is 31.9. The lowest BCUT2D eigenvalue weighted by molar-refractivity contribution is -0.143. The number of aromatic nitrogens is 1. The Morgan fingerprint density at radius 1 is 1.33 bits per heavy atom. The first-order valence-corrected chi connectivity index (χ1v) is 12.7. The third kappa shape index (κ3) is 4.73. The number of carbonyl (C=O) groups is 1. The SMILES string of the molecule is COc1ccc(Br)cc1[C@@H]1C(C(=O)OC(C)C)=C(C)N=c2s/c(=C\c3ccc(I)o3)c(=O)n21. The molecular weight excluding hydrogens is 623 g/mol. The minimum atomic E-state index is -0.765. The second kappa shape index (κ2) is 9.59. The predicted molar refractivity (Wildman–Crippen MR) is 137 cm³/mol. The summed E-state index contributed by atoms with van der Waals surface area (Å²) in [5, 5.41) is 0.